The first-order valence-corrected chi connectivity index (χ1v) is 8.66. The Balaban J connectivity index is 1.79. The van der Waals surface area contributed by atoms with Crippen molar-refractivity contribution in [2.24, 2.45) is 5.92 Å². The molecule has 0 aliphatic carbocycles. The molecule has 1 saturated heterocycles. The van der Waals surface area contributed by atoms with Gasteiger partial charge in [0.15, 0.2) is 0 Å². The minimum atomic E-state index is 0.597. The van der Waals surface area contributed by atoms with E-state index in [4.69, 9.17) is 4.74 Å². The summed E-state index contributed by atoms with van der Waals surface area (Å²) < 4.78 is 6.32. The Labute approximate surface area is 137 Å². The molecule has 1 heterocycles. The second-order valence-electron chi connectivity index (χ2n) is 6.25. The third kappa shape index (κ3) is 5.28. The number of piperidine rings is 1. The van der Waals surface area contributed by atoms with Crippen LogP contribution in [0.4, 0.5) is 0 Å². The van der Waals surface area contributed by atoms with Crippen LogP contribution in [0, 0.1) is 5.92 Å². The first-order valence-electron chi connectivity index (χ1n) is 7.86. The molecule has 0 amide bonds. The average molecular weight is 355 g/mol. The van der Waals surface area contributed by atoms with Crippen LogP contribution in [0.1, 0.15) is 32.3 Å². The van der Waals surface area contributed by atoms with E-state index < -0.39 is 0 Å². The number of ether oxygens (including phenoxy) is 1. The van der Waals surface area contributed by atoms with Crippen molar-refractivity contribution in [3.63, 3.8) is 0 Å². The minimum Gasteiger partial charge on any atom is -0.496 e. The fraction of sp³-hybridized carbons (Fsp3) is 0.647. The highest BCUT2D eigenvalue weighted by Crippen LogP contribution is 2.27. The van der Waals surface area contributed by atoms with Gasteiger partial charge in [0.05, 0.1) is 11.6 Å². The molecule has 0 aromatic heterocycles. The molecule has 1 aliphatic rings. The second kappa shape index (κ2) is 8.16. The molecule has 1 aromatic rings. The largest absolute Gasteiger partial charge is 0.496 e. The molecular weight excluding hydrogens is 328 g/mol. The monoisotopic (exact) mass is 354 g/mol. The quantitative estimate of drug-likeness (QED) is 0.843. The summed E-state index contributed by atoms with van der Waals surface area (Å²) in [5.74, 6) is 1.74. The maximum Gasteiger partial charge on any atom is 0.133 e. The molecule has 0 radical (unpaired) electrons. The molecule has 1 N–H and O–H groups in total. The van der Waals surface area contributed by atoms with Gasteiger partial charge in [-0.15, -0.1) is 0 Å². The van der Waals surface area contributed by atoms with E-state index in [0.717, 1.165) is 22.7 Å². The van der Waals surface area contributed by atoms with Crippen molar-refractivity contribution in [2.45, 2.75) is 39.3 Å². The Morgan fingerprint density at radius 2 is 2.05 bits per heavy atom. The van der Waals surface area contributed by atoms with Gasteiger partial charge in [-0.3, -0.25) is 4.90 Å². The van der Waals surface area contributed by atoms with E-state index in [1.54, 1.807) is 7.11 Å². The van der Waals surface area contributed by atoms with Crippen molar-refractivity contribution in [2.75, 3.05) is 26.7 Å². The van der Waals surface area contributed by atoms with Gasteiger partial charge in [0.1, 0.15) is 5.75 Å². The van der Waals surface area contributed by atoms with Gasteiger partial charge in [-0.2, -0.15) is 0 Å². The summed E-state index contributed by atoms with van der Waals surface area (Å²) in [6.07, 6.45) is 2.61. The van der Waals surface area contributed by atoms with Crippen molar-refractivity contribution in [1.82, 2.24) is 10.2 Å². The van der Waals surface area contributed by atoms with E-state index >= 15 is 0 Å². The average Bonchev–Trinajstić information content (AvgIpc) is 2.47. The van der Waals surface area contributed by atoms with Gasteiger partial charge in [0.25, 0.3) is 0 Å². The predicted octanol–water partition coefficient (Wildman–Crippen LogP) is 3.67. The number of rotatable bonds is 6. The standard InChI is InChI=1S/C17H27BrN2O/c1-13(2)19-11-14-6-8-20(9-7-14)12-15-4-5-17(21-3)16(18)10-15/h4-5,10,13-14,19H,6-9,11-12H2,1-3H3. The molecule has 0 bridgehead atoms. The van der Waals surface area contributed by atoms with Gasteiger partial charge in [0, 0.05) is 12.6 Å². The zero-order chi connectivity index (χ0) is 15.2. The Morgan fingerprint density at radius 1 is 1.33 bits per heavy atom. The van der Waals surface area contributed by atoms with Crippen molar-refractivity contribution in [1.29, 1.82) is 0 Å². The molecule has 0 saturated carbocycles. The Kier molecular flexibility index (Phi) is 6.52. The third-order valence-corrected chi connectivity index (χ3v) is 4.76. The Bertz CT molecular complexity index is 442. The van der Waals surface area contributed by atoms with Crippen LogP contribution >= 0.6 is 15.9 Å². The fourth-order valence-corrected chi connectivity index (χ4v) is 3.41. The molecule has 1 fully saturated rings. The molecule has 1 aliphatic heterocycles. The molecule has 118 valence electrons. The zero-order valence-electron chi connectivity index (χ0n) is 13.4. The van der Waals surface area contributed by atoms with Crippen molar-refractivity contribution in [3.05, 3.63) is 28.2 Å². The summed E-state index contributed by atoms with van der Waals surface area (Å²) in [5.41, 5.74) is 1.35. The molecule has 4 heteroatoms. The van der Waals surface area contributed by atoms with E-state index in [0.29, 0.717) is 6.04 Å². The molecule has 0 spiro atoms. The lowest BCUT2D eigenvalue weighted by Gasteiger charge is -2.32. The lowest BCUT2D eigenvalue weighted by molar-refractivity contribution is 0.174. The van der Waals surface area contributed by atoms with Crippen LogP contribution in [0.3, 0.4) is 0 Å². The van der Waals surface area contributed by atoms with E-state index in [1.165, 1.54) is 38.0 Å². The van der Waals surface area contributed by atoms with E-state index in [1.807, 2.05) is 6.07 Å². The van der Waals surface area contributed by atoms with Gasteiger partial charge in [-0.25, -0.2) is 0 Å². The van der Waals surface area contributed by atoms with Crippen LogP contribution in [-0.2, 0) is 6.54 Å². The van der Waals surface area contributed by atoms with Gasteiger partial charge >= 0.3 is 0 Å². The van der Waals surface area contributed by atoms with E-state index in [2.05, 4.69) is 52.1 Å². The molecular formula is C17H27BrN2O. The maximum atomic E-state index is 5.28. The van der Waals surface area contributed by atoms with Crippen molar-refractivity contribution < 1.29 is 4.74 Å². The lowest BCUT2D eigenvalue weighted by Crippen LogP contribution is -2.38. The van der Waals surface area contributed by atoms with Crippen LogP contribution in [0.25, 0.3) is 0 Å². The van der Waals surface area contributed by atoms with Crippen LogP contribution in [0.15, 0.2) is 22.7 Å². The molecule has 0 atom stereocenters. The molecule has 1 aromatic carbocycles. The SMILES string of the molecule is COc1ccc(CN2CCC(CNC(C)C)CC2)cc1Br. The summed E-state index contributed by atoms with van der Waals surface area (Å²) in [5, 5.41) is 3.56. The van der Waals surface area contributed by atoms with Crippen molar-refractivity contribution >= 4 is 15.9 Å². The highest BCUT2D eigenvalue weighted by molar-refractivity contribution is 9.10. The number of methoxy groups -OCH3 is 1. The van der Waals surface area contributed by atoms with Crippen LogP contribution in [0.5, 0.6) is 5.75 Å². The van der Waals surface area contributed by atoms with Gasteiger partial charge in [-0.1, -0.05) is 19.9 Å². The Morgan fingerprint density at radius 3 is 2.62 bits per heavy atom. The van der Waals surface area contributed by atoms with Gasteiger partial charge in [0.2, 0.25) is 0 Å². The lowest BCUT2D eigenvalue weighted by atomic mass is 9.96. The highest BCUT2D eigenvalue weighted by Gasteiger charge is 2.19. The number of benzene rings is 1. The van der Waals surface area contributed by atoms with Gasteiger partial charge < -0.3 is 10.1 Å². The van der Waals surface area contributed by atoms with Crippen LogP contribution in [-0.4, -0.2) is 37.7 Å². The number of nitrogens with one attached hydrogen (secondary N) is 1. The fourth-order valence-electron chi connectivity index (χ4n) is 2.82. The number of hydrogen-bond donors (Lipinski definition) is 1. The summed E-state index contributed by atoms with van der Waals surface area (Å²) >= 11 is 3.56. The zero-order valence-corrected chi connectivity index (χ0v) is 14.9. The maximum absolute atomic E-state index is 5.28. The number of halogens is 1. The molecule has 0 unspecified atom stereocenters. The summed E-state index contributed by atoms with van der Waals surface area (Å²) in [4.78, 5) is 2.56. The van der Waals surface area contributed by atoms with E-state index in [-0.39, 0.29) is 0 Å². The predicted molar refractivity (Wildman–Crippen MR) is 91.8 cm³/mol. The number of nitrogens with zero attached hydrogens (tertiary/aromatic N) is 1. The van der Waals surface area contributed by atoms with Crippen LogP contribution in [0.2, 0.25) is 0 Å². The Hall–Kier alpha value is -0.580. The number of likely N-dealkylation sites (tertiary alicyclic amines) is 1. The first kappa shape index (κ1) is 16.8. The first-order chi connectivity index (χ1) is 10.1. The second-order valence-corrected chi connectivity index (χ2v) is 7.11. The topological polar surface area (TPSA) is 24.5 Å². The highest BCUT2D eigenvalue weighted by atomic mass is 79.9. The van der Waals surface area contributed by atoms with Crippen LogP contribution < -0.4 is 10.1 Å². The van der Waals surface area contributed by atoms with Crippen molar-refractivity contribution in [3.8, 4) is 5.75 Å². The summed E-state index contributed by atoms with van der Waals surface area (Å²) in [6, 6.07) is 6.97. The molecule has 21 heavy (non-hydrogen) atoms. The molecule has 2 rings (SSSR count). The summed E-state index contributed by atoms with van der Waals surface area (Å²) in [7, 11) is 1.70. The summed E-state index contributed by atoms with van der Waals surface area (Å²) in [6.45, 7) is 9.04. The normalized spacial score (nSPS) is 17.4. The molecule has 3 nitrogen and oxygen atoms in total. The number of hydrogen-bond acceptors (Lipinski definition) is 3. The minimum absolute atomic E-state index is 0.597. The van der Waals surface area contributed by atoms with Gasteiger partial charge in [-0.05, 0) is 72.0 Å². The third-order valence-electron chi connectivity index (χ3n) is 4.14. The van der Waals surface area contributed by atoms with E-state index in [9.17, 15) is 0 Å². The smallest absolute Gasteiger partial charge is 0.133 e.